The smallest absolute Gasteiger partial charge is 0.154 e. The van der Waals surface area contributed by atoms with Crippen LogP contribution in [0.2, 0.25) is 5.02 Å². The first-order valence-corrected chi connectivity index (χ1v) is 5.76. The van der Waals surface area contributed by atoms with Crippen molar-refractivity contribution in [3.63, 3.8) is 0 Å². The highest BCUT2D eigenvalue weighted by Crippen LogP contribution is 2.34. The molecule has 0 spiro atoms. The van der Waals surface area contributed by atoms with E-state index < -0.39 is 5.92 Å². The normalized spacial score (nSPS) is 16.5. The summed E-state index contributed by atoms with van der Waals surface area (Å²) in [6.45, 7) is 0. The molecule has 82 valence electrons. The fraction of sp³-hybridized carbons (Fsp3) is 0.385. The van der Waals surface area contributed by atoms with Crippen LogP contribution in [0.5, 0.6) is 0 Å². The van der Waals surface area contributed by atoms with Crippen molar-refractivity contribution in [2.75, 3.05) is 0 Å². The van der Waals surface area contributed by atoms with Crippen molar-refractivity contribution in [3.8, 4) is 6.07 Å². The molecule has 2 nitrogen and oxygen atoms in total. The highest BCUT2D eigenvalue weighted by molar-refractivity contribution is 6.30. The number of rotatable bonds is 4. The summed E-state index contributed by atoms with van der Waals surface area (Å²) in [4.78, 5) is 11.9. The van der Waals surface area contributed by atoms with Crippen LogP contribution in [0, 0.1) is 17.2 Å². The molecule has 1 aromatic rings. The van der Waals surface area contributed by atoms with E-state index in [9.17, 15) is 4.79 Å². The first-order valence-electron chi connectivity index (χ1n) is 5.38. The predicted molar refractivity (Wildman–Crippen MR) is 62.2 cm³/mol. The molecule has 1 saturated carbocycles. The molecule has 0 amide bonds. The molecule has 1 atom stereocenters. The maximum atomic E-state index is 11.9. The monoisotopic (exact) mass is 233 g/mol. The lowest BCUT2D eigenvalue weighted by Gasteiger charge is -2.07. The molecule has 0 aliphatic heterocycles. The summed E-state index contributed by atoms with van der Waals surface area (Å²) in [5.74, 6) is -0.0687. The molecule has 0 bridgehead atoms. The zero-order chi connectivity index (χ0) is 11.5. The van der Waals surface area contributed by atoms with E-state index in [1.54, 1.807) is 24.3 Å². The van der Waals surface area contributed by atoms with Crippen LogP contribution in [0.25, 0.3) is 0 Å². The molecule has 1 aliphatic rings. The molecule has 0 saturated heterocycles. The van der Waals surface area contributed by atoms with Gasteiger partial charge in [0.1, 0.15) is 5.92 Å². The van der Waals surface area contributed by atoms with Crippen molar-refractivity contribution in [2.24, 2.45) is 5.92 Å². The minimum atomic E-state index is -0.627. The predicted octanol–water partition coefficient (Wildman–Crippen LogP) is 3.32. The SMILES string of the molecule is N#CC(C(=O)CC1CC1)c1ccc(Cl)cc1. The molecule has 0 N–H and O–H groups in total. The Morgan fingerprint density at radius 3 is 2.56 bits per heavy atom. The first-order chi connectivity index (χ1) is 7.70. The number of nitrogens with zero attached hydrogens (tertiary/aromatic N) is 1. The van der Waals surface area contributed by atoms with Gasteiger partial charge in [0.25, 0.3) is 0 Å². The minimum absolute atomic E-state index is 0.0346. The number of halogens is 1. The Kier molecular flexibility index (Phi) is 3.26. The van der Waals surface area contributed by atoms with Crippen molar-refractivity contribution in [2.45, 2.75) is 25.2 Å². The first kappa shape index (κ1) is 11.2. The molecule has 16 heavy (non-hydrogen) atoms. The summed E-state index contributed by atoms with van der Waals surface area (Å²) < 4.78 is 0. The molecule has 1 fully saturated rings. The van der Waals surface area contributed by atoms with Crippen molar-refractivity contribution in [1.29, 1.82) is 5.26 Å². The van der Waals surface area contributed by atoms with Crippen LogP contribution in [0.1, 0.15) is 30.7 Å². The molecular formula is C13H12ClNO. The van der Waals surface area contributed by atoms with Gasteiger partial charge in [0, 0.05) is 11.4 Å². The van der Waals surface area contributed by atoms with E-state index in [-0.39, 0.29) is 5.78 Å². The molecule has 0 aromatic heterocycles. The summed E-state index contributed by atoms with van der Waals surface area (Å²) >= 11 is 5.77. The molecule has 1 aromatic carbocycles. The van der Waals surface area contributed by atoms with Gasteiger partial charge in [0.2, 0.25) is 0 Å². The number of benzene rings is 1. The van der Waals surface area contributed by atoms with Gasteiger partial charge in [-0.1, -0.05) is 23.7 Å². The van der Waals surface area contributed by atoms with Crippen LogP contribution >= 0.6 is 11.6 Å². The topological polar surface area (TPSA) is 40.9 Å². The Morgan fingerprint density at radius 2 is 2.06 bits per heavy atom. The van der Waals surface area contributed by atoms with Gasteiger partial charge in [0.05, 0.1) is 6.07 Å². The Morgan fingerprint density at radius 1 is 1.44 bits per heavy atom. The van der Waals surface area contributed by atoms with E-state index in [0.717, 1.165) is 18.4 Å². The lowest BCUT2D eigenvalue weighted by atomic mass is 9.93. The second-order valence-electron chi connectivity index (χ2n) is 4.23. The van der Waals surface area contributed by atoms with Crippen LogP contribution < -0.4 is 0 Å². The van der Waals surface area contributed by atoms with Crippen LogP contribution in [-0.4, -0.2) is 5.78 Å². The molecule has 1 aliphatic carbocycles. The quantitative estimate of drug-likeness (QED) is 0.801. The third-order valence-electron chi connectivity index (χ3n) is 2.84. The van der Waals surface area contributed by atoms with E-state index in [1.807, 2.05) is 0 Å². The van der Waals surface area contributed by atoms with Crippen molar-refractivity contribution >= 4 is 17.4 Å². The van der Waals surface area contributed by atoms with Crippen molar-refractivity contribution in [1.82, 2.24) is 0 Å². The summed E-state index contributed by atoms with van der Waals surface area (Å²) in [6.07, 6.45) is 2.80. The second-order valence-corrected chi connectivity index (χ2v) is 4.66. The number of nitriles is 1. The summed E-state index contributed by atoms with van der Waals surface area (Å²) in [6, 6.07) is 9.01. The fourth-order valence-electron chi connectivity index (χ4n) is 1.71. The van der Waals surface area contributed by atoms with Gasteiger partial charge in [-0.25, -0.2) is 0 Å². The van der Waals surface area contributed by atoms with E-state index >= 15 is 0 Å². The standard InChI is InChI=1S/C13H12ClNO/c14-11-5-3-10(4-6-11)12(8-15)13(16)7-9-1-2-9/h3-6,9,12H,1-2,7H2. The van der Waals surface area contributed by atoms with E-state index in [2.05, 4.69) is 6.07 Å². The Bertz CT molecular complexity index is 428. The van der Waals surface area contributed by atoms with E-state index in [1.165, 1.54) is 0 Å². The number of hydrogen-bond donors (Lipinski definition) is 0. The molecular weight excluding hydrogens is 222 g/mol. The van der Waals surface area contributed by atoms with Gasteiger partial charge in [-0.05, 0) is 36.5 Å². The molecule has 0 radical (unpaired) electrons. The lowest BCUT2D eigenvalue weighted by molar-refractivity contribution is -0.119. The Labute approximate surface area is 99.8 Å². The molecule has 0 heterocycles. The zero-order valence-corrected chi connectivity index (χ0v) is 9.57. The third-order valence-corrected chi connectivity index (χ3v) is 3.09. The van der Waals surface area contributed by atoms with Gasteiger partial charge in [-0.15, -0.1) is 0 Å². The summed E-state index contributed by atoms with van der Waals surface area (Å²) in [5, 5.41) is 9.67. The second kappa shape index (κ2) is 4.67. The van der Waals surface area contributed by atoms with Gasteiger partial charge in [-0.2, -0.15) is 5.26 Å². The molecule has 3 heteroatoms. The molecule has 1 unspecified atom stereocenters. The fourth-order valence-corrected chi connectivity index (χ4v) is 1.84. The van der Waals surface area contributed by atoms with Crippen molar-refractivity contribution in [3.05, 3.63) is 34.9 Å². The Balaban J connectivity index is 2.12. The number of ketones is 1. The van der Waals surface area contributed by atoms with Gasteiger partial charge < -0.3 is 0 Å². The summed E-state index contributed by atoms with van der Waals surface area (Å²) in [7, 11) is 0. The third kappa shape index (κ3) is 2.62. The minimum Gasteiger partial charge on any atom is -0.298 e. The van der Waals surface area contributed by atoms with E-state index in [4.69, 9.17) is 16.9 Å². The average molecular weight is 234 g/mol. The number of carbonyl (C=O) groups excluding carboxylic acids is 1. The van der Waals surface area contributed by atoms with Crippen LogP contribution in [0.4, 0.5) is 0 Å². The number of carbonyl (C=O) groups is 1. The maximum absolute atomic E-state index is 11.9. The van der Waals surface area contributed by atoms with E-state index in [0.29, 0.717) is 17.4 Å². The summed E-state index contributed by atoms with van der Waals surface area (Å²) in [5.41, 5.74) is 0.748. The zero-order valence-electron chi connectivity index (χ0n) is 8.82. The maximum Gasteiger partial charge on any atom is 0.154 e. The van der Waals surface area contributed by atoms with Gasteiger partial charge >= 0.3 is 0 Å². The van der Waals surface area contributed by atoms with Crippen molar-refractivity contribution < 1.29 is 4.79 Å². The highest BCUT2D eigenvalue weighted by Gasteiger charge is 2.29. The van der Waals surface area contributed by atoms with Gasteiger partial charge in [0.15, 0.2) is 5.78 Å². The largest absolute Gasteiger partial charge is 0.298 e. The average Bonchev–Trinajstić information content (AvgIpc) is 3.06. The number of Topliss-reactive ketones (excluding diaryl/α,β-unsaturated/α-hetero) is 1. The Hall–Kier alpha value is -1.33. The van der Waals surface area contributed by atoms with Crippen LogP contribution in [0.3, 0.4) is 0 Å². The highest BCUT2D eigenvalue weighted by atomic mass is 35.5. The lowest BCUT2D eigenvalue weighted by Crippen LogP contribution is -2.11. The van der Waals surface area contributed by atoms with Gasteiger partial charge in [-0.3, -0.25) is 4.79 Å². The van der Waals surface area contributed by atoms with Crippen LogP contribution in [0.15, 0.2) is 24.3 Å². The number of hydrogen-bond acceptors (Lipinski definition) is 2. The van der Waals surface area contributed by atoms with Crippen LogP contribution in [-0.2, 0) is 4.79 Å². The molecule has 2 rings (SSSR count).